The number of hydrogen-bond donors (Lipinski definition) is 2. The second-order valence-corrected chi connectivity index (χ2v) is 8.48. The van der Waals surface area contributed by atoms with Crippen LogP contribution in [-0.2, 0) is 4.79 Å². The average molecular weight is 491 g/mol. The quantitative estimate of drug-likeness (QED) is 0.326. The smallest absolute Gasteiger partial charge is 0.225 e. The van der Waals surface area contributed by atoms with Crippen molar-refractivity contribution in [2.24, 2.45) is 16.8 Å². The van der Waals surface area contributed by atoms with Crippen LogP contribution in [0.3, 0.4) is 0 Å². The minimum Gasteiger partial charge on any atom is -0.357 e. The molecule has 2 unspecified atom stereocenters. The van der Waals surface area contributed by atoms with Crippen LogP contribution in [0.5, 0.6) is 0 Å². The molecule has 1 saturated heterocycles. The zero-order valence-electron chi connectivity index (χ0n) is 17.2. The SMILES string of the molecule is CCNC(=NCC(C1CC1)N(C)C)NC1CCN(C(=O)C2CCCC2)C1.I. The second-order valence-electron chi connectivity index (χ2n) is 8.48. The zero-order chi connectivity index (χ0) is 18.5. The lowest BCUT2D eigenvalue weighted by Gasteiger charge is -2.24. The fourth-order valence-electron chi connectivity index (χ4n) is 4.42. The fourth-order valence-corrected chi connectivity index (χ4v) is 4.42. The van der Waals surface area contributed by atoms with Crippen molar-refractivity contribution >= 4 is 35.8 Å². The molecule has 7 heteroatoms. The minimum atomic E-state index is 0. The van der Waals surface area contributed by atoms with Gasteiger partial charge in [0, 0.05) is 37.6 Å². The summed E-state index contributed by atoms with van der Waals surface area (Å²) in [5.74, 6) is 2.38. The number of guanidine groups is 1. The van der Waals surface area contributed by atoms with Crippen molar-refractivity contribution in [2.45, 2.75) is 64.0 Å². The van der Waals surface area contributed by atoms with Gasteiger partial charge in [0.05, 0.1) is 6.54 Å². The predicted molar refractivity (Wildman–Crippen MR) is 122 cm³/mol. The number of hydrogen-bond acceptors (Lipinski definition) is 3. The van der Waals surface area contributed by atoms with Crippen molar-refractivity contribution in [2.75, 3.05) is 40.3 Å². The Labute approximate surface area is 181 Å². The van der Waals surface area contributed by atoms with E-state index in [9.17, 15) is 4.79 Å². The second kappa shape index (κ2) is 10.8. The van der Waals surface area contributed by atoms with Crippen molar-refractivity contribution < 1.29 is 4.79 Å². The fraction of sp³-hybridized carbons (Fsp3) is 0.900. The van der Waals surface area contributed by atoms with Crippen LogP contribution in [-0.4, -0.2) is 74.0 Å². The number of nitrogens with zero attached hydrogens (tertiary/aromatic N) is 3. The van der Waals surface area contributed by atoms with Crippen LogP contribution in [0.1, 0.15) is 51.9 Å². The van der Waals surface area contributed by atoms with Gasteiger partial charge < -0.3 is 20.4 Å². The highest BCUT2D eigenvalue weighted by molar-refractivity contribution is 14.0. The van der Waals surface area contributed by atoms with Gasteiger partial charge in [0.15, 0.2) is 5.96 Å². The van der Waals surface area contributed by atoms with Gasteiger partial charge in [-0.25, -0.2) is 0 Å². The molecule has 0 aromatic rings. The van der Waals surface area contributed by atoms with E-state index >= 15 is 0 Å². The summed E-state index contributed by atoms with van der Waals surface area (Å²) in [5.41, 5.74) is 0. The molecule has 0 aromatic carbocycles. The van der Waals surface area contributed by atoms with E-state index in [0.29, 0.717) is 18.0 Å². The third-order valence-corrected chi connectivity index (χ3v) is 6.16. The molecular formula is C20H38IN5O. The van der Waals surface area contributed by atoms with E-state index < -0.39 is 0 Å². The van der Waals surface area contributed by atoms with Gasteiger partial charge in [0.2, 0.25) is 5.91 Å². The van der Waals surface area contributed by atoms with Gasteiger partial charge in [0.1, 0.15) is 0 Å². The molecule has 0 spiro atoms. The minimum absolute atomic E-state index is 0. The highest BCUT2D eigenvalue weighted by Gasteiger charge is 2.34. The third kappa shape index (κ3) is 6.48. The number of halogens is 1. The average Bonchev–Trinajstić information content (AvgIpc) is 3.11. The monoisotopic (exact) mass is 491 g/mol. The number of likely N-dealkylation sites (tertiary alicyclic amines) is 1. The molecule has 3 fully saturated rings. The Kier molecular flexibility index (Phi) is 9.11. The van der Waals surface area contributed by atoms with Crippen molar-refractivity contribution in [3.05, 3.63) is 0 Å². The van der Waals surface area contributed by atoms with Crippen LogP contribution in [0.15, 0.2) is 4.99 Å². The maximum Gasteiger partial charge on any atom is 0.225 e. The molecule has 1 amide bonds. The number of nitrogens with one attached hydrogen (secondary N) is 2. The Morgan fingerprint density at radius 1 is 1.19 bits per heavy atom. The number of carbonyl (C=O) groups is 1. The Balaban J connectivity index is 0.00000261. The molecule has 3 rings (SSSR count). The van der Waals surface area contributed by atoms with Crippen LogP contribution in [0.4, 0.5) is 0 Å². The first-order valence-electron chi connectivity index (χ1n) is 10.6. The molecule has 1 aliphatic heterocycles. The zero-order valence-corrected chi connectivity index (χ0v) is 19.6. The highest BCUT2D eigenvalue weighted by atomic mass is 127. The highest BCUT2D eigenvalue weighted by Crippen LogP contribution is 2.34. The van der Waals surface area contributed by atoms with Crippen molar-refractivity contribution in [1.29, 1.82) is 0 Å². The summed E-state index contributed by atoms with van der Waals surface area (Å²) in [6.45, 7) is 5.50. The van der Waals surface area contributed by atoms with Crippen LogP contribution in [0.2, 0.25) is 0 Å². The molecule has 2 aliphatic carbocycles. The van der Waals surface area contributed by atoms with Gasteiger partial charge in [-0.05, 0) is 59.0 Å². The van der Waals surface area contributed by atoms with E-state index in [1.807, 2.05) is 0 Å². The first-order chi connectivity index (χ1) is 12.6. The molecule has 27 heavy (non-hydrogen) atoms. The van der Waals surface area contributed by atoms with E-state index in [1.54, 1.807) is 0 Å². The molecule has 6 nitrogen and oxygen atoms in total. The number of amides is 1. The summed E-state index contributed by atoms with van der Waals surface area (Å²) < 4.78 is 0. The normalized spacial score (nSPS) is 24.8. The third-order valence-electron chi connectivity index (χ3n) is 6.16. The van der Waals surface area contributed by atoms with Gasteiger partial charge in [-0.15, -0.1) is 24.0 Å². The Bertz CT molecular complexity index is 501. The summed E-state index contributed by atoms with van der Waals surface area (Å²) in [4.78, 5) is 21.9. The van der Waals surface area contributed by atoms with E-state index in [1.165, 1.54) is 25.7 Å². The lowest BCUT2D eigenvalue weighted by atomic mass is 10.1. The Morgan fingerprint density at radius 2 is 1.89 bits per heavy atom. The van der Waals surface area contributed by atoms with E-state index in [-0.39, 0.29) is 29.9 Å². The van der Waals surface area contributed by atoms with Gasteiger partial charge in [0.25, 0.3) is 0 Å². The predicted octanol–water partition coefficient (Wildman–Crippen LogP) is 2.29. The number of aliphatic imine (C=N–C) groups is 1. The van der Waals surface area contributed by atoms with Crippen LogP contribution < -0.4 is 10.6 Å². The standard InChI is InChI=1S/C20H37N5O.HI/c1-4-21-20(22-13-18(24(2)3)15-9-10-15)23-17-11-12-25(14-17)19(26)16-7-5-6-8-16;/h15-18H,4-14H2,1-3H3,(H2,21,22,23);1H. The Morgan fingerprint density at radius 3 is 2.48 bits per heavy atom. The van der Waals surface area contributed by atoms with Crippen molar-refractivity contribution in [3.8, 4) is 0 Å². The molecule has 2 N–H and O–H groups in total. The largest absolute Gasteiger partial charge is 0.357 e. The summed E-state index contributed by atoms with van der Waals surface area (Å²) in [6, 6.07) is 0.853. The summed E-state index contributed by atoms with van der Waals surface area (Å²) in [5, 5.41) is 6.95. The van der Waals surface area contributed by atoms with Crippen LogP contribution in [0, 0.1) is 11.8 Å². The number of carbonyl (C=O) groups excluding carboxylic acids is 1. The van der Waals surface area contributed by atoms with Crippen molar-refractivity contribution in [1.82, 2.24) is 20.4 Å². The van der Waals surface area contributed by atoms with Crippen LogP contribution >= 0.6 is 24.0 Å². The van der Waals surface area contributed by atoms with Gasteiger partial charge >= 0.3 is 0 Å². The molecule has 0 bridgehead atoms. The molecule has 1 heterocycles. The molecule has 156 valence electrons. The topological polar surface area (TPSA) is 60.0 Å². The first kappa shape index (κ1) is 22.7. The molecule has 0 aromatic heterocycles. The molecular weight excluding hydrogens is 453 g/mol. The number of likely N-dealkylation sites (N-methyl/N-ethyl adjacent to an activating group) is 1. The maximum atomic E-state index is 12.6. The molecule has 0 radical (unpaired) electrons. The summed E-state index contributed by atoms with van der Waals surface area (Å²) in [7, 11) is 4.31. The van der Waals surface area contributed by atoms with E-state index in [0.717, 1.165) is 57.3 Å². The van der Waals surface area contributed by atoms with Gasteiger partial charge in [-0.1, -0.05) is 12.8 Å². The molecule has 2 saturated carbocycles. The van der Waals surface area contributed by atoms with Gasteiger partial charge in [-0.3, -0.25) is 9.79 Å². The van der Waals surface area contributed by atoms with E-state index in [2.05, 4.69) is 41.5 Å². The lowest BCUT2D eigenvalue weighted by molar-refractivity contribution is -0.134. The van der Waals surface area contributed by atoms with E-state index in [4.69, 9.17) is 4.99 Å². The first-order valence-corrected chi connectivity index (χ1v) is 10.6. The lowest BCUT2D eigenvalue weighted by Crippen LogP contribution is -2.46. The molecule has 2 atom stereocenters. The van der Waals surface area contributed by atoms with Gasteiger partial charge in [-0.2, -0.15) is 0 Å². The maximum absolute atomic E-state index is 12.6. The molecule has 3 aliphatic rings. The van der Waals surface area contributed by atoms with Crippen molar-refractivity contribution in [3.63, 3.8) is 0 Å². The number of rotatable bonds is 7. The summed E-state index contributed by atoms with van der Waals surface area (Å²) >= 11 is 0. The summed E-state index contributed by atoms with van der Waals surface area (Å²) in [6.07, 6.45) is 8.30. The van der Waals surface area contributed by atoms with Crippen LogP contribution in [0.25, 0.3) is 0 Å². The Hall–Kier alpha value is -0.570.